The molecular formula is C28H30O2. The van der Waals surface area contributed by atoms with Crippen molar-refractivity contribution in [2.24, 2.45) is 0 Å². The summed E-state index contributed by atoms with van der Waals surface area (Å²) in [4.78, 5) is 0. The lowest BCUT2D eigenvalue weighted by Crippen LogP contribution is -2.13. The van der Waals surface area contributed by atoms with Crippen molar-refractivity contribution < 1.29 is 10.2 Å². The minimum Gasteiger partial charge on any atom is -0.507 e. The molecule has 1 aliphatic rings. The predicted molar refractivity (Wildman–Crippen MR) is 126 cm³/mol. The normalized spacial score (nSPS) is 15.3. The molecule has 0 fully saturated rings. The molecule has 0 amide bonds. The third kappa shape index (κ3) is 4.06. The molecule has 0 radical (unpaired) electrons. The summed E-state index contributed by atoms with van der Waals surface area (Å²) in [7, 11) is 0. The lowest BCUT2D eigenvalue weighted by molar-refractivity contribution is 0.175. The quantitative estimate of drug-likeness (QED) is 0.487. The summed E-state index contributed by atoms with van der Waals surface area (Å²) < 4.78 is 0. The highest BCUT2D eigenvalue weighted by atomic mass is 16.3. The van der Waals surface area contributed by atoms with Gasteiger partial charge in [0.15, 0.2) is 0 Å². The van der Waals surface area contributed by atoms with E-state index in [1.165, 1.54) is 0 Å². The molecule has 2 heteroatoms. The number of benzene rings is 3. The molecule has 30 heavy (non-hydrogen) atoms. The van der Waals surface area contributed by atoms with Crippen LogP contribution in [0.25, 0.3) is 21.9 Å². The second-order valence-corrected chi connectivity index (χ2v) is 9.22. The van der Waals surface area contributed by atoms with Gasteiger partial charge in [-0.1, -0.05) is 81.5 Å². The molecule has 0 saturated carbocycles. The molecule has 2 N–H and O–H groups in total. The number of fused-ring (bicyclic) bond motifs is 1. The van der Waals surface area contributed by atoms with Crippen LogP contribution in [0, 0.1) is 0 Å². The molecule has 1 unspecified atom stereocenters. The largest absolute Gasteiger partial charge is 0.507 e. The summed E-state index contributed by atoms with van der Waals surface area (Å²) in [5, 5.41) is 24.6. The molecular weight excluding hydrogens is 368 g/mol. The number of aliphatic hydroxyl groups is 1. The molecule has 154 valence electrons. The van der Waals surface area contributed by atoms with E-state index in [0.717, 1.165) is 45.9 Å². The maximum Gasteiger partial charge on any atom is 0.129 e. The van der Waals surface area contributed by atoms with E-state index in [4.69, 9.17) is 0 Å². The number of rotatable bonds is 4. The van der Waals surface area contributed by atoms with Crippen molar-refractivity contribution in [1.29, 1.82) is 0 Å². The molecule has 2 nitrogen and oxygen atoms in total. The Labute approximate surface area is 179 Å². The first-order chi connectivity index (χ1) is 14.3. The molecule has 1 atom stereocenters. The number of aliphatic hydroxyl groups excluding tert-OH is 1. The summed E-state index contributed by atoms with van der Waals surface area (Å²) in [6, 6.07) is 18.4. The van der Waals surface area contributed by atoms with Crippen LogP contribution in [0.5, 0.6) is 5.75 Å². The van der Waals surface area contributed by atoms with E-state index in [1.54, 1.807) is 0 Å². The highest BCUT2D eigenvalue weighted by Crippen LogP contribution is 2.43. The average Bonchev–Trinajstić information content (AvgIpc) is 2.73. The SMILES string of the molecule is CC(C)(C)c1cc(-c2cccc3ccccc23)c(O)c(C(O)CC2=CCCC=C2)c1. The smallest absolute Gasteiger partial charge is 0.129 e. The maximum absolute atomic E-state index is 11.3. The van der Waals surface area contributed by atoms with Gasteiger partial charge in [0, 0.05) is 17.5 Å². The van der Waals surface area contributed by atoms with Crippen LogP contribution in [0.1, 0.15) is 57.3 Å². The first-order valence-corrected chi connectivity index (χ1v) is 10.7. The Balaban J connectivity index is 1.87. The molecule has 0 aromatic heterocycles. The molecule has 3 aromatic rings. The number of phenols is 1. The molecule has 0 saturated heterocycles. The van der Waals surface area contributed by atoms with E-state index < -0.39 is 6.10 Å². The highest BCUT2D eigenvalue weighted by molar-refractivity contribution is 5.98. The minimum absolute atomic E-state index is 0.106. The van der Waals surface area contributed by atoms with Crippen LogP contribution in [0.4, 0.5) is 0 Å². The van der Waals surface area contributed by atoms with Crippen LogP contribution in [0.3, 0.4) is 0 Å². The van der Waals surface area contributed by atoms with E-state index in [9.17, 15) is 10.2 Å². The van der Waals surface area contributed by atoms with E-state index in [0.29, 0.717) is 12.0 Å². The van der Waals surface area contributed by atoms with Gasteiger partial charge in [-0.3, -0.25) is 0 Å². The molecule has 1 aliphatic carbocycles. The van der Waals surface area contributed by atoms with Gasteiger partial charge in [0.25, 0.3) is 0 Å². The third-order valence-electron chi connectivity index (χ3n) is 5.95. The Kier molecular flexibility index (Phi) is 5.53. The average molecular weight is 399 g/mol. The summed E-state index contributed by atoms with van der Waals surface area (Å²) in [6.45, 7) is 6.48. The summed E-state index contributed by atoms with van der Waals surface area (Å²) >= 11 is 0. The van der Waals surface area contributed by atoms with Crippen LogP contribution in [-0.2, 0) is 5.41 Å². The molecule has 0 bridgehead atoms. The molecule has 0 aliphatic heterocycles. The van der Waals surface area contributed by atoms with Gasteiger partial charge in [0.1, 0.15) is 5.75 Å². The van der Waals surface area contributed by atoms with Crippen LogP contribution in [0.2, 0.25) is 0 Å². The van der Waals surface area contributed by atoms with Gasteiger partial charge in [-0.25, -0.2) is 0 Å². The number of phenolic OH excluding ortho intramolecular Hbond substituents is 1. The van der Waals surface area contributed by atoms with E-state index in [1.807, 2.05) is 30.3 Å². The second-order valence-electron chi connectivity index (χ2n) is 9.22. The van der Waals surface area contributed by atoms with E-state index in [2.05, 4.69) is 63.3 Å². The van der Waals surface area contributed by atoms with Gasteiger partial charge in [0.05, 0.1) is 6.10 Å². The van der Waals surface area contributed by atoms with E-state index in [-0.39, 0.29) is 11.2 Å². The number of hydrogen-bond acceptors (Lipinski definition) is 2. The Morgan fingerprint density at radius 2 is 1.70 bits per heavy atom. The first-order valence-electron chi connectivity index (χ1n) is 10.7. The van der Waals surface area contributed by atoms with Crippen molar-refractivity contribution in [2.75, 3.05) is 0 Å². The molecule has 3 aromatic carbocycles. The Morgan fingerprint density at radius 1 is 0.933 bits per heavy atom. The van der Waals surface area contributed by atoms with Crippen molar-refractivity contribution in [3.05, 3.63) is 89.5 Å². The lowest BCUT2D eigenvalue weighted by Gasteiger charge is -2.25. The second kappa shape index (κ2) is 8.12. The van der Waals surface area contributed by atoms with Crippen LogP contribution in [0.15, 0.2) is 78.4 Å². The van der Waals surface area contributed by atoms with Gasteiger partial charge >= 0.3 is 0 Å². The van der Waals surface area contributed by atoms with Gasteiger partial charge < -0.3 is 10.2 Å². The van der Waals surface area contributed by atoms with Crippen molar-refractivity contribution >= 4 is 10.8 Å². The van der Waals surface area contributed by atoms with Gasteiger partial charge in [0.2, 0.25) is 0 Å². The van der Waals surface area contributed by atoms with Crippen molar-refractivity contribution in [3.8, 4) is 16.9 Å². The van der Waals surface area contributed by atoms with Crippen LogP contribution in [-0.4, -0.2) is 10.2 Å². The Hall–Kier alpha value is -2.84. The zero-order valence-electron chi connectivity index (χ0n) is 18.0. The van der Waals surface area contributed by atoms with E-state index >= 15 is 0 Å². The number of hydrogen-bond donors (Lipinski definition) is 2. The fraction of sp³-hybridized carbons (Fsp3) is 0.286. The Bertz CT molecular complexity index is 1120. The summed E-state index contributed by atoms with van der Waals surface area (Å²) in [6.07, 6.45) is 8.23. The first kappa shape index (κ1) is 20.4. The van der Waals surface area contributed by atoms with Crippen molar-refractivity contribution in [3.63, 3.8) is 0 Å². The minimum atomic E-state index is -0.755. The molecule has 0 heterocycles. The summed E-state index contributed by atoms with van der Waals surface area (Å²) in [5.74, 6) is 0.173. The monoisotopic (exact) mass is 398 g/mol. The van der Waals surface area contributed by atoms with Crippen LogP contribution < -0.4 is 0 Å². The molecule has 0 spiro atoms. The topological polar surface area (TPSA) is 40.5 Å². The van der Waals surface area contributed by atoms with Crippen molar-refractivity contribution in [2.45, 2.75) is 51.6 Å². The number of aromatic hydroxyl groups is 1. The number of allylic oxidation sites excluding steroid dienone is 3. The zero-order chi connectivity index (χ0) is 21.3. The molecule has 4 rings (SSSR count). The lowest BCUT2D eigenvalue weighted by atomic mass is 9.82. The maximum atomic E-state index is 11.3. The summed E-state index contributed by atoms with van der Waals surface area (Å²) in [5.41, 5.74) is 4.49. The fourth-order valence-corrected chi connectivity index (χ4v) is 4.16. The van der Waals surface area contributed by atoms with Crippen molar-refractivity contribution in [1.82, 2.24) is 0 Å². The highest BCUT2D eigenvalue weighted by Gasteiger charge is 2.24. The Morgan fingerprint density at radius 3 is 2.43 bits per heavy atom. The standard InChI is InChI=1S/C28H30O2/c1-28(2,3)21-17-24(23-15-9-13-20-12-7-8-14-22(20)23)27(30)25(18-21)26(29)16-19-10-5-4-6-11-19/h5,7-15,17-18,26,29-30H,4,6,16H2,1-3H3. The van der Waals surface area contributed by atoms with Gasteiger partial charge in [-0.15, -0.1) is 0 Å². The third-order valence-corrected chi connectivity index (χ3v) is 5.95. The zero-order valence-corrected chi connectivity index (χ0v) is 18.0. The fourth-order valence-electron chi connectivity index (χ4n) is 4.16. The van der Waals surface area contributed by atoms with Gasteiger partial charge in [-0.2, -0.15) is 0 Å². The van der Waals surface area contributed by atoms with Crippen LogP contribution >= 0.6 is 0 Å². The van der Waals surface area contributed by atoms with Gasteiger partial charge in [-0.05, 0) is 57.9 Å². The predicted octanol–water partition coefficient (Wildman–Crippen LogP) is 7.21.